The molecule has 0 aromatic heterocycles. The zero-order chi connectivity index (χ0) is 14.0. The average molecular weight is 263 g/mol. The van der Waals surface area contributed by atoms with Crippen LogP contribution >= 0.6 is 0 Å². The summed E-state index contributed by atoms with van der Waals surface area (Å²) in [6.45, 7) is 3.88. The van der Waals surface area contributed by atoms with Crippen LogP contribution in [0.5, 0.6) is 5.75 Å². The molecule has 1 N–H and O–H groups in total. The number of imide groups is 1. The molecule has 1 aliphatic rings. The van der Waals surface area contributed by atoms with Gasteiger partial charge in [0, 0.05) is 17.9 Å². The maximum atomic E-state index is 11.9. The number of anilines is 1. The Balaban J connectivity index is 2.36. The van der Waals surface area contributed by atoms with Crippen LogP contribution < -0.4 is 9.64 Å². The van der Waals surface area contributed by atoms with Gasteiger partial charge >= 0.3 is 0 Å². The van der Waals surface area contributed by atoms with Crippen LogP contribution in [0.1, 0.15) is 25.8 Å². The Bertz CT molecular complexity index is 512. The van der Waals surface area contributed by atoms with E-state index in [4.69, 9.17) is 4.74 Å². The first-order valence-electron chi connectivity index (χ1n) is 6.31. The Morgan fingerprint density at radius 3 is 2.68 bits per heavy atom. The SMILES string of the molecule is CCOc1ccc(N2C(=O)CC(C)C2=O)cc1CO. The highest BCUT2D eigenvalue weighted by molar-refractivity contribution is 6.20. The summed E-state index contributed by atoms with van der Waals surface area (Å²) in [6.07, 6.45) is 0.237. The van der Waals surface area contributed by atoms with Crippen molar-refractivity contribution in [1.82, 2.24) is 0 Å². The molecule has 0 saturated carbocycles. The number of aliphatic hydroxyl groups is 1. The van der Waals surface area contributed by atoms with Crippen molar-refractivity contribution in [2.24, 2.45) is 5.92 Å². The molecule has 1 saturated heterocycles. The highest BCUT2D eigenvalue weighted by Crippen LogP contribution is 2.30. The molecule has 2 rings (SSSR count). The molecule has 19 heavy (non-hydrogen) atoms. The number of benzene rings is 1. The van der Waals surface area contributed by atoms with Crippen molar-refractivity contribution in [2.75, 3.05) is 11.5 Å². The van der Waals surface area contributed by atoms with Gasteiger partial charge < -0.3 is 9.84 Å². The Morgan fingerprint density at radius 1 is 1.42 bits per heavy atom. The minimum Gasteiger partial charge on any atom is -0.494 e. The van der Waals surface area contributed by atoms with Crippen molar-refractivity contribution < 1.29 is 19.4 Å². The summed E-state index contributed by atoms with van der Waals surface area (Å²) >= 11 is 0. The zero-order valence-electron chi connectivity index (χ0n) is 11.0. The van der Waals surface area contributed by atoms with E-state index < -0.39 is 0 Å². The Kier molecular flexibility index (Phi) is 3.85. The van der Waals surface area contributed by atoms with Gasteiger partial charge in [0.1, 0.15) is 5.75 Å². The van der Waals surface area contributed by atoms with Crippen LogP contribution in [-0.2, 0) is 16.2 Å². The first-order chi connectivity index (χ1) is 9.08. The number of nitrogens with zero attached hydrogens (tertiary/aromatic N) is 1. The molecule has 1 aliphatic heterocycles. The second-order valence-corrected chi connectivity index (χ2v) is 4.56. The number of aliphatic hydroxyl groups excluding tert-OH is 1. The third-order valence-corrected chi connectivity index (χ3v) is 3.14. The molecule has 1 fully saturated rings. The molecule has 2 amide bonds. The molecule has 102 valence electrons. The van der Waals surface area contributed by atoms with Crippen molar-refractivity contribution in [3.8, 4) is 5.75 Å². The highest BCUT2D eigenvalue weighted by atomic mass is 16.5. The van der Waals surface area contributed by atoms with E-state index in [-0.39, 0.29) is 30.8 Å². The van der Waals surface area contributed by atoms with Crippen LogP contribution in [0.4, 0.5) is 5.69 Å². The van der Waals surface area contributed by atoms with Gasteiger partial charge in [-0.2, -0.15) is 0 Å². The molecule has 5 heteroatoms. The van der Waals surface area contributed by atoms with Crippen LogP contribution in [0.25, 0.3) is 0 Å². The van der Waals surface area contributed by atoms with Gasteiger partial charge in [0.05, 0.1) is 18.9 Å². The average Bonchev–Trinajstić information content (AvgIpc) is 2.64. The second kappa shape index (κ2) is 5.40. The van der Waals surface area contributed by atoms with Gasteiger partial charge in [0.25, 0.3) is 0 Å². The van der Waals surface area contributed by atoms with Gasteiger partial charge in [-0.25, -0.2) is 0 Å². The summed E-state index contributed by atoms with van der Waals surface area (Å²) in [5, 5.41) is 9.33. The molecule has 0 aliphatic carbocycles. The van der Waals surface area contributed by atoms with Crippen LogP contribution in [0.2, 0.25) is 0 Å². The topological polar surface area (TPSA) is 66.8 Å². The number of hydrogen-bond donors (Lipinski definition) is 1. The first-order valence-corrected chi connectivity index (χ1v) is 6.31. The molecule has 1 unspecified atom stereocenters. The molecule has 0 radical (unpaired) electrons. The lowest BCUT2D eigenvalue weighted by atomic mass is 10.1. The summed E-state index contributed by atoms with van der Waals surface area (Å²) in [5.41, 5.74) is 1.06. The molecule has 1 atom stereocenters. The van der Waals surface area contributed by atoms with Crippen molar-refractivity contribution in [3.63, 3.8) is 0 Å². The van der Waals surface area contributed by atoms with Crippen LogP contribution in [0.3, 0.4) is 0 Å². The summed E-state index contributed by atoms with van der Waals surface area (Å²) in [7, 11) is 0. The molecule has 0 spiro atoms. The summed E-state index contributed by atoms with van der Waals surface area (Å²) in [5.74, 6) is -0.110. The molecule has 0 bridgehead atoms. The van der Waals surface area contributed by atoms with Gasteiger partial charge in [0.2, 0.25) is 11.8 Å². The van der Waals surface area contributed by atoms with E-state index in [0.717, 1.165) is 0 Å². The smallest absolute Gasteiger partial charge is 0.237 e. The largest absolute Gasteiger partial charge is 0.494 e. The van der Waals surface area contributed by atoms with E-state index in [0.29, 0.717) is 23.6 Å². The van der Waals surface area contributed by atoms with Crippen LogP contribution in [0.15, 0.2) is 18.2 Å². The lowest BCUT2D eigenvalue weighted by molar-refractivity contribution is -0.122. The standard InChI is InChI=1S/C14H17NO4/c1-3-19-12-5-4-11(7-10(12)8-16)15-13(17)6-9(2)14(15)18/h4-5,7,9,16H,3,6,8H2,1-2H3. The molecule has 1 aromatic rings. The molecule has 1 aromatic carbocycles. The van der Waals surface area contributed by atoms with E-state index in [1.54, 1.807) is 25.1 Å². The Labute approximate surface area is 111 Å². The van der Waals surface area contributed by atoms with Crippen molar-refractivity contribution in [1.29, 1.82) is 0 Å². The number of ether oxygens (including phenoxy) is 1. The van der Waals surface area contributed by atoms with Gasteiger partial charge in [-0.05, 0) is 25.1 Å². The molecule has 1 heterocycles. The highest BCUT2D eigenvalue weighted by Gasteiger charge is 2.36. The summed E-state index contributed by atoms with van der Waals surface area (Å²) < 4.78 is 5.37. The Hall–Kier alpha value is -1.88. The van der Waals surface area contributed by atoms with E-state index in [1.165, 1.54) is 4.90 Å². The fraction of sp³-hybridized carbons (Fsp3) is 0.429. The van der Waals surface area contributed by atoms with E-state index in [2.05, 4.69) is 0 Å². The number of carbonyl (C=O) groups excluding carboxylic acids is 2. The number of rotatable bonds is 4. The number of amides is 2. The lowest BCUT2D eigenvalue weighted by Crippen LogP contribution is -2.30. The minimum absolute atomic E-state index is 0.196. The van der Waals surface area contributed by atoms with Gasteiger partial charge in [-0.3, -0.25) is 14.5 Å². The fourth-order valence-electron chi connectivity index (χ4n) is 2.18. The minimum atomic E-state index is -0.281. The first kappa shape index (κ1) is 13.5. The van der Waals surface area contributed by atoms with Gasteiger partial charge in [0.15, 0.2) is 0 Å². The number of carbonyl (C=O) groups is 2. The van der Waals surface area contributed by atoms with Crippen LogP contribution in [-0.4, -0.2) is 23.5 Å². The third kappa shape index (κ3) is 2.46. The zero-order valence-corrected chi connectivity index (χ0v) is 11.0. The predicted octanol–water partition coefficient (Wildman–Crippen LogP) is 1.48. The lowest BCUT2D eigenvalue weighted by Gasteiger charge is -2.17. The van der Waals surface area contributed by atoms with Gasteiger partial charge in [-0.15, -0.1) is 0 Å². The van der Waals surface area contributed by atoms with E-state index >= 15 is 0 Å². The maximum Gasteiger partial charge on any atom is 0.237 e. The fourth-order valence-corrected chi connectivity index (χ4v) is 2.18. The number of hydrogen-bond acceptors (Lipinski definition) is 4. The predicted molar refractivity (Wildman–Crippen MR) is 69.8 cm³/mol. The quantitative estimate of drug-likeness (QED) is 0.835. The van der Waals surface area contributed by atoms with Crippen molar-refractivity contribution in [3.05, 3.63) is 23.8 Å². The van der Waals surface area contributed by atoms with E-state index in [1.807, 2.05) is 6.92 Å². The molecular formula is C14H17NO4. The molecular weight excluding hydrogens is 246 g/mol. The third-order valence-electron chi connectivity index (χ3n) is 3.14. The van der Waals surface area contributed by atoms with Crippen molar-refractivity contribution >= 4 is 17.5 Å². The normalized spacial score (nSPS) is 19.1. The van der Waals surface area contributed by atoms with Crippen LogP contribution in [0, 0.1) is 5.92 Å². The maximum absolute atomic E-state index is 11.9. The summed E-state index contributed by atoms with van der Waals surface area (Å²) in [6, 6.07) is 4.96. The Morgan fingerprint density at radius 2 is 2.16 bits per heavy atom. The summed E-state index contributed by atoms with van der Waals surface area (Å²) in [4.78, 5) is 24.9. The van der Waals surface area contributed by atoms with E-state index in [9.17, 15) is 14.7 Å². The monoisotopic (exact) mass is 263 g/mol. The second-order valence-electron chi connectivity index (χ2n) is 4.56. The van der Waals surface area contributed by atoms with Crippen molar-refractivity contribution in [2.45, 2.75) is 26.9 Å². The van der Waals surface area contributed by atoms with Gasteiger partial charge in [-0.1, -0.05) is 6.92 Å². The molecule has 5 nitrogen and oxygen atoms in total.